The third-order valence-corrected chi connectivity index (χ3v) is 7.48. The van der Waals surface area contributed by atoms with Gasteiger partial charge in [-0.05, 0) is 81.6 Å². The first-order valence-corrected chi connectivity index (χ1v) is 11.4. The molecular formula is C21H26N2O5S. The molecule has 4 aliphatic rings. The molecule has 0 heterocycles. The lowest BCUT2D eigenvalue weighted by Crippen LogP contribution is -2.61. The van der Waals surface area contributed by atoms with E-state index in [-0.39, 0.29) is 22.7 Å². The summed E-state index contributed by atoms with van der Waals surface area (Å²) < 4.78 is 5.34. The van der Waals surface area contributed by atoms with Crippen LogP contribution in [0.15, 0.2) is 23.1 Å². The average Bonchev–Trinajstić information content (AvgIpc) is 2.65. The Labute approximate surface area is 174 Å². The fraction of sp³-hybridized carbons (Fsp3) is 0.619. The van der Waals surface area contributed by atoms with Crippen molar-refractivity contribution in [3.05, 3.63) is 33.9 Å². The van der Waals surface area contributed by atoms with Gasteiger partial charge in [-0.1, -0.05) is 0 Å². The molecule has 0 radical (unpaired) electrons. The van der Waals surface area contributed by atoms with Crippen molar-refractivity contribution in [3.8, 4) is 0 Å². The zero-order valence-corrected chi connectivity index (χ0v) is 17.5. The topological polar surface area (TPSA) is 98.5 Å². The summed E-state index contributed by atoms with van der Waals surface area (Å²) in [5.74, 6) is 1.10. The van der Waals surface area contributed by atoms with E-state index in [2.05, 4.69) is 5.32 Å². The summed E-state index contributed by atoms with van der Waals surface area (Å²) in [6.07, 6.45) is 7.70. The summed E-state index contributed by atoms with van der Waals surface area (Å²) in [4.78, 5) is 36.4. The van der Waals surface area contributed by atoms with Gasteiger partial charge in [-0.25, -0.2) is 4.79 Å². The molecule has 4 aliphatic carbocycles. The van der Waals surface area contributed by atoms with Crippen molar-refractivity contribution in [2.75, 3.05) is 6.26 Å². The van der Waals surface area contributed by atoms with Crippen LogP contribution in [0.4, 0.5) is 5.69 Å². The van der Waals surface area contributed by atoms with Gasteiger partial charge in [0.2, 0.25) is 0 Å². The summed E-state index contributed by atoms with van der Waals surface area (Å²) in [5, 5.41) is 14.4. The van der Waals surface area contributed by atoms with Gasteiger partial charge in [0, 0.05) is 11.6 Å². The molecule has 8 heteroatoms. The van der Waals surface area contributed by atoms with Crippen molar-refractivity contribution in [1.29, 1.82) is 0 Å². The van der Waals surface area contributed by atoms with Crippen LogP contribution in [0, 0.1) is 27.9 Å². The third kappa shape index (κ3) is 3.99. The predicted molar refractivity (Wildman–Crippen MR) is 109 cm³/mol. The van der Waals surface area contributed by atoms with Crippen molar-refractivity contribution in [2.24, 2.45) is 17.8 Å². The van der Waals surface area contributed by atoms with E-state index < -0.39 is 17.0 Å². The SMILES string of the molecule is CSc1ccc(C(=O)O[C@@H](C)C(=O)NC23CC4CC(CC(C4)C2)C3)cc1[N+](=O)[O-]. The summed E-state index contributed by atoms with van der Waals surface area (Å²) in [7, 11) is 0. The third-order valence-electron chi connectivity index (χ3n) is 6.69. The minimum Gasteiger partial charge on any atom is -0.449 e. The molecule has 0 aliphatic heterocycles. The maximum Gasteiger partial charge on any atom is 0.339 e. The van der Waals surface area contributed by atoms with Gasteiger partial charge in [-0.15, -0.1) is 11.8 Å². The average molecular weight is 419 g/mol. The first-order valence-electron chi connectivity index (χ1n) is 10.1. The highest BCUT2D eigenvalue weighted by Crippen LogP contribution is 2.55. The Morgan fingerprint density at radius 3 is 2.31 bits per heavy atom. The van der Waals surface area contributed by atoms with Crippen molar-refractivity contribution in [2.45, 2.75) is 62.0 Å². The molecule has 1 atom stereocenters. The molecule has 7 nitrogen and oxygen atoms in total. The molecule has 0 spiro atoms. The first kappa shape index (κ1) is 20.2. The van der Waals surface area contributed by atoms with E-state index in [4.69, 9.17) is 4.74 Å². The highest BCUT2D eigenvalue weighted by Gasteiger charge is 2.51. The highest BCUT2D eigenvalue weighted by molar-refractivity contribution is 7.98. The fourth-order valence-corrected chi connectivity index (χ4v) is 6.42. The summed E-state index contributed by atoms with van der Waals surface area (Å²) in [6, 6.07) is 4.22. The molecule has 0 unspecified atom stereocenters. The number of amides is 1. The number of carbonyl (C=O) groups is 2. The lowest BCUT2D eigenvalue weighted by molar-refractivity contribution is -0.387. The number of thioether (sulfide) groups is 1. The largest absolute Gasteiger partial charge is 0.449 e. The standard InChI is InChI=1S/C21H26N2O5S/c1-12(28-20(25)16-3-4-18(29-2)17(8-16)23(26)27)19(24)22-21-9-13-5-14(10-21)7-15(6-13)11-21/h3-4,8,12-15H,5-7,9-11H2,1-2H3,(H,22,24)/t12-,13?,14?,15?,21?/m0/s1. The van der Waals surface area contributed by atoms with Crippen LogP contribution in [-0.2, 0) is 9.53 Å². The van der Waals surface area contributed by atoms with Crippen molar-refractivity contribution in [1.82, 2.24) is 5.32 Å². The fourth-order valence-electron chi connectivity index (χ4n) is 5.87. The maximum atomic E-state index is 12.8. The van der Waals surface area contributed by atoms with Crippen LogP contribution < -0.4 is 5.32 Å². The van der Waals surface area contributed by atoms with E-state index in [0.29, 0.717) is 22.6 Å². The number of nitrogens with zero attached hydrogens (tertiary/aromatic N) is 1. The van der Waals surface area contributed by atoms with Gasteiger partial charge >= 0.3 is 5.97 Å². The van der Waals surface area contributed by atoms with E-state index >= 15 is 0 Å². The summed E-state index contributed by atoms with van der Waals surface area (Å²) in [5.41, 5.74) is -0.216. The minimum atomic E-state index is -0.949. The number of nitro benzene ring substituents is 1. The lowest BCUT2D eigenvalue weighted by atomic mass is 9.53. The highest BCUT2D eigenvalue weighted by atomic mass is 32.2. The van der Waals surface area contributed by atoms with Gasteiger partial charge in [0.05, 0.1) is 15.4 Å². The lowest BCUT2D eigenvalue weighted by Gasteiger charge is -2.57. The number of hydrogen-bond acceptors (Lipinski definition) is 6. The van der Waals surface area contributed by atoms with Crippen molar-refractivity contribution in [3.63, 3.8) is 0 Å². The van der Waals surface area contributed by atoms with E-state index in [1.54, 1.807) is 13.2 Å². The van der Waals surface area contributed by atoms with Gasteiger partial charge in [0.15, 0.2) is 6.10 Å². The molecule has 4 saturated carbocycles. The molecule has 1 N–H and O–H groups in total. The van der Waals surface area contributed by atoms with Crippen molar-refractivity contribution < 1.29 is 19.2 Å². The van der Waals surface area contributed by atoms with Gasteiger partial charge in [0.1, 0.15) is 0 Å². The Morgan fingerprint density at radius 1 is 1.21 bits per heavy atom. The Bertz CT molecular complexity index is 820. The molecular weight excluding hydrogens is 392 g/mol. The predicted octanol–water partition coefficient (Wildman–Crippen LogP) is 3.95. The van der Waals surface area contributed by atoms with Gasteiger partial charge in [-0.3, -0.25) is 14.9 Å². The van der Waals surface area contributed by atoms with E-state index in [9.17, 15) is 19.7 Å². The number of carbonyl (C=O) groups excluding carboxylic acids is 2. The minimum absolute atomic E-state index is 0.0731. The monoisotopic (exact) mass is 418 g/mol. The van der Waals surface area contributed by atoms with Crippen LogP contribution in [-0.4, -0.2) is 34.7 Å². The number of nitro groups is 1. The molecule has 5 rings (SSSR count). The summed E-state index contributed by atoms with van der Waals surface area (Å²) in [6.45, 7) is 1.55. The molecule has 156 valence electrons. The number of rotatable bonds is 6. The van der Waals surface area contributed by atoms with E-state index in [1.807, 2.05) is 0 Å². The van der Waals surface area contributed by atoms with Crippen molar-refractivity contribution >= 4 is 29.3 Å². The summed E-state index contributed by atoms with van der Waals surface area (Å²) >= 11 is 1.24. The van der Waals surface area contributed by atoms with Crippen LogP contribution in [0.25, 0.3) is 0 Å². The quantitative estimate of drug-likeness (QED) is 0.325. The second-order valence-corrected chi connectivity index (χ2v) is 9.73. The van der Waals surface area contributed by atoms with Gasteiger partial charge < -0.3 is 10.1 Å². The number of benzene rings is 1. The number of esters is 1. The molecule has 1 aromatic carbocycles. The van der Waals surface area contributed by atoms with Gasteiger partial charge in [-0.2, -0.15) is 0 Å². The van der Waals surface area contributed by atoms with Crippen LogP contribution in [0.1, 0.15) is 55.8 Å². The van der Waals surface area contributed by atoms with Gasteiger partial charge in [0.25, 0.3) is 11.6 Å². The van der Waals surface area contributed by atoms with Crippen LogP contribution in [0.3, 0.4) is 0 Å². The Hall–Kier alpha value is -2.09. The zero-order chi connectivity index (χ0) is 20.8. The first-order chi connectivity index (χ1) is 13.8. The van der Waals surface area contributed by atoms with Crippen LogP contribution in [0.5, 0.6) is 0 Å². The second-order valence-electron chi connectivity index (χ2n) is 8.88. The molecule has 0 saturated heterocycles. The normalized spacial score (nSPS) is 30.6. The smallest absolute Gasteiger partial charge is 0.339 e. The van der Waals surface area contributed by atoms with E-state index in [0.717, 1.165) is 19.3 Å². The van der Waals surface area contributed by atoms with Crippen LogP contribution in [0.2, 0.25) is 0 Å². The maximum absolute atomic E-state index is 12.8. The molecule has 1 aromatic rings. The van der Waals surface area contributed by atoms with E-state index in [1.165, 1.54) is 49.2 Å². The number of hydrogen-bond donors (Lipinski definition) is 1. The Balaban J connectivity index is 1.41. The number of nitrogens with one attached hydrogen (secondary N) is 1. The Morgan fingerprint density at radius 2 is 1.79 bits per heavy atom. The number of ether oxygens (including phenoxy) is 1. The van der Waals surface area contributed by atoms with Crippen LogP contribution >= 0.6 is 11.8 Å². The molecule has 1 amide bonds. The Kier molecular flexibility index (Phi) is 5.31. The molecule has 4 fully saturated rings. The molecule has 0 aromatic heterocycles. The zero-order valence-electron chi connectivity index (χ0n) is 16.7. The molecule has 4 bridgehead atoms. The molecule has 29 heavy (non-hydrogen) atoms. The second kappa shape index (κ2) is 7.63.